The van der Waals surface area contributed by atoms with Crippen LogP contribution in [0, 0.1) is 18.8 Å². The number of nitrogens with zero attached hydrogens (tertiary/aromatic N) is 4. The van der Waals surface area contributed by atoms with E-state index < -0.39 is 0 Å². The minimum Gasteiger partial charge on any atom is -0.308 e. The van der Waals surface area contributed by atoms with E-state index in [1.165, 1.54) is 12.8 Å². The van der Waals surface area contributed by atoms with Crippen molar-refractivity contribution in [2.45, 2.75) is 59.0 Å². The molecular formula is C15H23ClN4. The van der Waals surface area contributed by atoms with Crippen molar-refractivity contribution in [3.05, 3.63) is 11.5 Å². The second kappa shape index (κ2) is 5.06. The van der Waals surface area contributed by atoms with E-state index in [0.29, 0.717) is 17.8 Å². The smallest absolute Gasteiger partial charge is 0.159 e. The Labute approximate surface area is 125 Å². The summed E-state index contributed by atoms with van der Waals surface area (Å²) in [5, 5.41) is 4.61. The van der Waals surface area contributed by atoms with E-state index in [9.17, 15) is 0 Å². The highest BCUT2D eigenvalue weighted by atomic mass is 35.5. The molecule has 5 heteroatoms. The summed E-state index contributed by atoms with van der Waals surface area (Å²) in [6.07, 6.45) is 2.50. The molecule has 1 fully saturated rings. The van der Waals surface area contributed by atoms with Gasteiger partial charge in [-0.2, -0.15) is 5.10 Å². The predicted molar refractivity (Wildman–Crippen MR) is 82.1 cm³/mol. The fourth-order valence-electron chi connectivity index (χ4n) is 3.60. The zero-order valence-corrected chi connectivity index (χ0v) is 13.5. The van der Waals surface area contributed by atoms with E-state index in [4.69, 9.17) is 16.6 Å². The fraction of sp³-hybridized carbons (Fsp3) is 0.733. The van der Waals surface area contributed by atoms with Gasteiger partial charge in [-0.05, 0) is 38.5 Å². The molecule has 2 heterocycles. The molecule has 0 radical (unpaired) electrons. The second-order valence-electron chi connectivity index (χ2n) is 6.09. The first-order valence-electron chi connectivity index (χ1n) is 7.58. The molecule has 2 aromatic rings. The molecule has 3 rings (SSSR count). The van der Waals surface area contributed by atoms with E-state index >= 15 is 0 Å². The van der Waals surface area contributed by atoms with Crippen LogP contribution < -0.4 is 0 Å². The highest BCUT2D eigenvalue weighted by molar-refractivity contribution is 6.16. The molecule has 0 aliphatic heterocycles. The largest absolute Gasteiger partial charge is 0.308 e. The molecule has 4 nitrogen and oxygen atoms in total. The first-order chi connectivity index (χ1) is 9.58. The van der Waals surface area contributed by atoms with E-state index in [0.717, 1.165) is 35.1 Å². The number of fused-ring (bicyclic) bond motifs is 1. The van der Waals surface area contributed by atoms with Crippen LogP contribution in [0.3, 0.4) is 0 Å². The van der Waals surface area contributed by atoms with E-state index in [-0.39, 0.29) is 0 Å². The van der Waals surface area contributed by atoms with Gasteiger partial charge in [-0.25, -0.2) is 9.67 Å². The van der Waals surface area contributed by atoms with Crippen molar-refractivity contribution in [1.29, 1.82) is 0 Å². The lowest BCUT2D eigenvalue weighted by molar-refractivity contribution is 0.350. The third-order valence-corrected chi connectivity index (χ3v) is 5.23. The van der Waals surface area contributed by atoms with Crippen LogP contribution in [0.5, 0.6) is 0 Å². The minimum absolute atomic E-state index is 0.468. The van der Waals surface area contributed by atoms with Crippen molar-refractivity contribution < 1.29 is 0 Å². The Morgan fingerprint density at radius 2 is 2.05 bits per heavy atom. The molecular weight excluding hydrogens is 272 g/mol. The summed E-state index contributed by atoms with van der Waals surface area (Å²) in [6, 6.07) is 0.505. The number of aromatic nitrogens is 4. The van der Waals surface area contributed by atoms with Gasteiger partial charge in [-0.3, -0.25) is 0 Å². The van der Waals surface area contributed by atoms with Gasteiger partial charge in [0.25, 0.3) is 0 Å². The Kier molecular flexibility index (Phi) is 3.53. The first-order valence-corrected chi connectivity index (χ1v) is 8.12. The molecule has 110 valence electrons. The molecule has 0 amide bonds. The summed E-state index contributed by atoms with van der Waals surface area (Å²) >= 11 is 6.16. The minimum atomic E-state index is 0.468. The zero-order valence-electron chi connectivity index (χ0n) is 12.7. The van der Waals surface area contributed by atoms with Gasteiger partial charge < -0.3 is 4.57 Å². The summed E-state index contributed by atoms with van der Waals surface area (Å²) in [7, 11) is 0. The molecule has 20 heavy (non-hydrogen) atoms. The monoisotopic (exact) mass is 294 g/mol. The van der Waals surface area contributed by atoms with Crippen LogP contribution in [0.15, 0.2) is 0 Å². The van der Waals surface area contributed by atoms with Crippen LogP contribution in [0.2, 0.25) is 0 Å². The molecule has 1 aliphatic carbocycles. The summed E-state index contributed by atoms with van der Waals surface area (Å²) in [5.41, 5.74) is 3.19. The van der Waals surface area contributed by atoms with E-state index in [1.54, 1.807) is 0 Å². The molecule has 1 saturated carbocycles. The predicted octanol–water partition coefficient (Wildman–Crippen LogP) is 3.91. The first kappa shape index (κ1) is 13.9. The number of halogens is 1. The van der Waals surface area contributed by atoms with Gasteiger partial charge >= 0.3 is 0 Å². The van der Waals surface area contributed by atoms with Crippen molar-refractivity contribution in [3.63, 3.8) is 0 Å². The Morgan fingerprint density at radius 3 is 2.60 bits per heavy atom. The Morgan fingerprint density at radius 1 is 1.30 bits per heavy atom. The average molecular weight is 295 g/mol. The van der Waals surface area contributed by atoms with Crippen LogP contribution in [0.25, 0.3) is 11.2 Å². The highest BCUT2D eigenvalue weighted by Crippen LogP contribution is 2.42. The Balaban J connectivity index is 2.22. The van der Waals surface area contributed by atoms with E-state index in [2.05, 4.69) is 35.1 Å². The zero-order chi connectivity index (χ0) is 14.4. The van der Waals surface area contributed by atoms with Crippen molar-refractivity contribution in [3.8, 4) is 0 Å². The number of hydrogen-bond donors (Lipinski definition) is 0. The topological polar surface area (TPSA) is 35.6 Å². The second-order valence-corrected chi connectivity index (χ2v) is 6.35. The van der Waals surface area contributed by atoms with Crippen LogP contribution in [-0.4, -0.2) is 19.3 Å². The molecule has 3 atom stereocenters. The summed E-state index contributed by atoms with van der Waals surface area (Å²) < 4.78 is 4.45. The van der Waals surface area contributed by atoms with Crippen molar-refractivity contribution in [2.24, 2.45) is 11.8 Å². The number of aryl methyl sites for hydroxylation is 2. The van der Waals surface area contributed by atoms with Crippen LogP contribution >= 0.6 is 11.6 Å². The number of alkyl halides is 1. The molecule has 2 aromatic heterocycles. The normalized spacial score (nSPS) is 26.8. The fourth-order valence-corrected chi connectivity index (χ4v) is 3.79. The maximum atomic E-state index is 6.16. The van der Waals surface area contributed by atoms with Gasteiger partial charge in [-0.1, -0.05) is 13.8 Å². The summed E-state index contributed by atoms with van der Waals surface area (Å²) in [5.74, 6) is 2.89. The van der Waals surface area contributed by atoms with E-state index in [1.807, 2.05) is 6.92 Å². The standard InChI is InChI=1S/C15H23ClN4/c1-5-19-15-14(11(4)18-19)17-13(8-16)20(15)12-7-6-9(2)10(12)3/h9-10,12H,5-8H2,1-4H3. The van der Waals surface area contributed by atoms with Crippen LogP contribution in [0.4, 0.5) is 0 Å². The Bertz CT molecular complexity index is 627. The van der Waals surface area contributed by atoms with Gasteiger partial charge in [0.1, 0.15) is 11.3 Å². The van der Waals surface area contributed by atoms with Crippen molar-refractivity contribution >= 4 is 22.8 Å². The third kappa shape index (κ3) is 1.88. The van der Waals surface area contributed by atoms with Gasteiger partial charge in [0.05, 0.1) is 11.6 Å². The summed E-state index contributed by atoms with van der Waals surface area (Å²) in [4.78, 5) is 4.75. The lowest BCUT2D eigenvalue weighted by atomic mass is 9.97. The van der Waals surface area contributed by atoms with Crippen LogP contribution in [0.1, 0.15) is 51.2 Å². The molecule has 0 bridgehead atoms. The van der Waals surface area contributed by atoms with Gasteiger partial charge in [0.2, 0.25) is 0 Å². The average Bonchev–Trinajstić information content (AvgIpc) is 3.06. The molecule has 0 saturated heterocycles. The molecule has 0 N–H and O–H groups in total. The van der Waals surface area contributed by atoms with Gasteiger partial charge in [0, 0.05) is 12.6 Å². The Hall–Kier alpha value is -1.03. The maximum absolute atomic E-state index is 6.16. The molecule has 1 aliphatic rings. The highest BCUT2D eigenvalue weighted by Gasteiger charge is 2.34. The third-order valence-electron chi connectivity index (χ3n) is 4.99. The number of rotatable bonds is 3. The molecule has 0 spiro atoms. The van der Waals surface area contributed by atoms with Crippen molar-refractivity contribution in [1.82, 2.24) is 19.3 Å². The molecule has 0 aromatic carbocycles. The lowest BCUT2D eigenvalue weighted by Gasteiger charge is -2.22. The summed E-state index contributed by atoms with van der Waals surface area (Å²) in [6.45, 7) is 9.73. The quantitative estimate of drug-likeness (QED) is 0.805. The van der Waals surface area contributed by atoms with Gasteiger partial charge in [0.15, 0.2) is 5.65 Å². The lowest BCUT2D eigenvalue weighted by Crippen LogP contribution is -2.18. The maximum Gasteiger partial charge on any atom is 0.159 e. The van der Waals surface area contributed by atoms with Crippen molar-refractivity contribution in [2.75, 3.05) is 0 Å². The molecule has 3 unspecified atom stereocenters. The van der Waals surface area contributed by atoms with Crippen LogP contribution in [-0.2, 0) is 12.4 Å². The number of hydrogen-bond acceptors (Lipinski definition) is 2. The SMILES string of the molecule is CCn1nc(C)c2nc(CCl)n(C3CCC(C)C3C)c21. The number of imidazole rings is 1. The van der Waals surface area contributed by atoms with Gasteiger partial charge in [-0.15, -0.1) is 11.6 Å².